The molecule has 1 heterocycles. The van der Waals surface area contributed by atoms with Gasteiger partial charge in [-0.15, -0.1) is 0 Å². The van der Waals surface area contributed by atoms with E-state index >= 15 is 0 Å². The second-order valence-corrected chi connectivity index (χ2v) is 8.43. The maximum atomic E-state index is 14.3. The lowest BCUT2D eigenvalue weighted by Gasteiger charge is -2.36. The molecule has 1 amide bonds. The number of nitrogens with zero attached hydrogens (tertiary/aromatic N) is 2. The van der Waals surface area contributed by atoms with Crippen molar-refractivity contribution in [2.75, 3.05) is 37.3 Å². The average molecular weight is 376 g/mol. The molecule has 0 unspecified atom stereocenters. The van der Waals surface area contributed by atoms with Crippen LogP contribution in [0.15, 0.2) is 53.4 Å². The number of carbonyl (C=O) groups excluding carboxylic acids is 1. The van der Waals surface area contributed by atoms with Gasteiger partial charge in [-0.3, -0.25) is 4.79 Å². The zero-order valence-corrected chi connectivity index (χ0v) is 15.4. The molecule has 2 aromatic carbocycles. The number of carbonyl (C=O) groups is 1. The van der Waals surface area contributed by atoms with Gasteiger partial charge < -0.3 is 9.80 Å². The Labute approximate surface area is 153 Å². The van der Waals surface area contributed by atoms with Gasteiger partial charge in [0.15, 0.2) is 9.84 Å². The van der Waals surface area contributed by atoms with Gasteiger partial charge in [-0.05, 0) is 23.8 Å². The minimum Gasteiger partial charge on any atom is -0.366 e. The number of sulfone groups is 1. The first-order valence-corrected chi connectivity index (χ1v) is 10.3. The number of halogens is 1. The maximum Gasteiger partial charge on any atom is 0.227 e. The van der Waals surface area contributed by atoms with Crippen LogP contribution in [-0.4, -0.2) is 51.7 Å². The van der Waals surface area contributed by atoms with Crippen LogP contribution in [0.2, 0.25) is 0 Å². The monoisotopic (exact) mass is 376 g/mol. The summed E-state index contributed by atoms with van der Waals surface area (Å²) in [6.07, 6.45) is 1.41. The Kier molecular flexibility index (Phi) is 5.27. The fourth-order valence-electron chi connectivity index (χ4n) is 3.05. The molecule has 0 spiro atoms. The number of rotatable bonds is 4. The van der Waals surface area contributed by atoms with E-state index in [4.69, 9.17) is 0 Å². The fourth-order valence-corrected chi connectivity index (χ4v) is 3.69. The van der Waals surface area contributed by atoms with Crippen molar-refractivity contribution in [2.24, 2.45) is 0 Å². The topological polar surface area (TPSA) is 57.7 Å². The predicted molar refractivity (Wildman–Crippen MR) is 98.4 cm³/mol. The molecule has 1 aliphatic rings. The molecule has 2 aromatic rings. The Morgan fingerprint density at radius 3 is 2.27 bits per heavy atom. The van der Waals surface area contributed by atoms with E-state index in [0.29, 0.717) is 38.3 Å². The van der Waals surface area contributed by atoms with Crippen molar-refractivity contribution in [3.8, 4) is 0 Å². The van der Waals surface area contributed by atoms with E-state index in [2.05, 4.69) is 0 Å². The Balaban J connectivity index is 1.62. The first-order valence-electron chi connectivity index (χ1n) is 8.41. The van der Waals surface area contributed by atoms with E-state index in [1.54, 1.807) is 4.90 Å². The first-order chi connectivity index (χ1) is 12.3. The van der Waals surface area contributed by atoms with Crippen LogP contribution in [0.5, 0.6) is 0 Å². The largest absolute Gasteiger partial charge is 0.366 e. The Morgan fingerprint density at radius 1 is 1.04 bits per heavy atom. The van der Waals surface area contributed by atoms with E-state index in [-0.39, 0.29) is 10.8 Å². The van der Waals surface area contributed by atoms with Crippen LogP contribution in [0.25, 0.3) is 0 Å². The number of piperazine rings is 1. The van der Waals surface area contributed by atoms with Crippen molar-refractivity contribution >= 4 is 21.4 Å². The second-order valence-electron chi connectivity index (χ2n) is 6.42. The molecular weight excluding hydrogens is 355 g/mol. The smallest absolute Gasteiger partial charge is 0.227 e. The zero-order valence-electron chi connectivity index (χ0n) is 14.6. The standard InChI is InChI=1S/C19H21FN2O3S/c1-26(24,25)16-7-8-18(17(20)14-16)21-9-11-22(12-10-21)19(23)13-15-5-3-2-4-6-15/h2-8,14H,9-13H2,1H3. The Morgan fingerprint density at radius 2 is 1.69 bits per heavy atom. The molecule has 0 aromatic heterocycles. The van der Waals surface area contributed by atoms with Gasteiger partial charge in [0.2, 0.25) is 5.91 Å². The van der Waals surface area contributed by atoms with Crippen LogP contribution in [-0.2, 0) is 21.1 Å². The summed E-state index contributed by atoms with van der Waals surface area (Å²) in [5, 5.41) is 0. The van der Waals surface area contributed by atoms with Crippen LogP contribution in [0.4, 0.5) is 10.1 Å². The van der Waals surface area contributed by atoms with E-state index in [1.165, 1.54) is 12.1 Å². The molecule has 1 saturated heterocycles. The summed E-state index contributed by atoms with van der Waals surface area (Å²) in [6.45, 7) is 2.04. The lowest BCUT2D eigenvalue weighted by Crippen LogP contribution is -2.49. The van der Waals surface area contributed by atoms with Crippen molar-refractivity contribution in [1.82, 2.24) is 4.90 Å². The van der Waals surface area contributed by atoms with Crippen molar-refractivity contribution in [3.05, 3.63) is 59.9 Å². The normalized spacial score (nSPS) is 15.2. The van der Waals surface area contributed by atoms with Gasteiger partial charge in [0.1, 0.15) is 5.82 Å². The molecule has 0 saturated carbocycles. The molecule has 0 aliphatic carbocycles. The number of amides is 1. The van der Waals surface area contributed by atoms with Gasteiger partial charge in [0.25, 0.3) is 0 Å². The van der Waals surface area contributed by atoms with Gasteiger partial charge in [-0.2, -0.15) is 0 Å². The lowest BCUT2D eigenvalue weighted by atomic mass is 10.1. The molecule has 0 bridgehead atoms. The summed E-state index contributed by atoms with van der Waals surface area (Å²) < 4.78 is 37.4. The van der Waals surface area contributed by atoms with Gasteiger partial charge in [0.05, 0.1) is 17.0 Å². The molecule has 7 heteroatoms. The van der Waals surface area contributed by atoms with E-state index in [0.717, 1.165) is 17.9 Å². The highest BCUT2D eigenvalue weighted by Crippen LogP contribution is 2.24. The van der Waals surface area contributed by atoms with Crippen LogP contribution in [0.3, 0.4) is 0 Å². The molecule has 26 heavy (non-hydrogen) atoms. The van der Waals surface area contributed by atoms with Crippen LogP contribution < -0.4 is 4.90 Å². The minimum absolute atomic E-state index is 0.0320. The molecule has 1 fully saturated rings. The van der Waals surface area contributed by atoms with Gasteiger partial charge in [0, 0.05) is 32.4 Å². The average Bonchev–Trinajstić information content (AvgIpc) is 2.62. The van der Waals surface area contributed by atoms with Crippen LogP contribution in [0, 0.1) is 5.82 Å². The summed E-state index contributed by atoms with van der Waals surface area (Å²) in [5.41, 5.74) is 1.34. The Hall–Kier alpha value is -2.41. The lowest BCUT2D eigenvalue weighted by molar-refractivity contribution is -0.130. The number of hydrogen-bond acceptors (Lipinski definition) is 4. The van der Waals surface area contributed by atoms with Gasteiger partial charge in [-0.25, -0.2) is 12.8 Å². The molecule has 3 rings (SSSR count). The van der Waals surface area contributed by atoms with E-state index in [9.17, 15) is 17.6 Å². The van der Waals surface area contributed by atoms with E-state index in [1.807, 2.05) is 35.2 Å². The maximum absolute atomic E-state index is 14.3. The SMILES string of the molecule is CS(=O)(=O)c1ccc(N2CCN(C(=O)Cc3ccccc3)CC2)c(F)c1. The molecule has 1 aliphatic heterocycles. The minimum atomic E-state index is -3.43. The van der Waals surface area contributed by atoms with E-state index < -0.39 is 15.7 Å². The molecular formula is C19H21FN2O3S. The van der Waals surface area contributed by atoms with Crippen molar-refractivity contribution < 1.29 is 17.6 Å². The van der Waals surface area contributed by atoms with Crippen molar-refractivity contribution in [1.29, 1.82) is 0 Å². The Bertz CT molecular complexity index is 892. The van der Waals surface area contributed by atoms with Gasteiger partial charge in [-0.1, -0.05) is 30.3 Å². The number of hydrogen-bond donors (Lipinski definition) is 0. The third-order valence-electron chi connectivity index (χ3n) is 4.52. The summed E-state index contributed by atoms with van der Waals surface area (Å²) in [4.78, 5) is 16.0. The fraction of sp³-hybridized carbons (Fsp3) is 0.316. The predicted octanol–water partition coefficient (Wildman–Crippen LogP) is 2.12. The van der Waals surface area contributed by atoms with Gasteiger partial charge >= 0.3 is 0 Å². The van der Waals surface area contributed by atoms with Crippen molar-refractivity contribution in [2.45, 2.75) is 11.3 Å². The molecule has 0 atom stereocenters. The molecule has 0 N–H and O–H groups in total. The van der Waals surface area contributed by atoms with Crippen LogP contribution >= 0.6 is 0 Å². The summed E-state index contributed by atoms with van der Waals surface area (Å²) in [7, 11) is -3.43. The highest BCUT2D eigenvalue weighted by Gasteiger charge is 2.23. The quantitative estimate of drug-likeness (QED) is 0.820. The summed E-state index contributed by atoms with van der Waals surface area (Å²) in [6, 6.07) is 13.5. The molecule has 5 nitrogen and oxygen atoms in total. The summed E-state index contributed by atoms with van der Waals surface area (Å²) in [5.74, 6) is -0.499. The molecule has 138 valence electrons. The summed E-state index contributed by atoms with van der Waals surface area (Å²) >= 11 is 0. The third kappa shape index (κ3) is 4.22. The number of anilines is 1. The second kappa shape index (κ2) is 7.45. The highest BCUT2D eigenvalue weighted by molar-refractivity contribution is 7.90. The first kappa shape index (κ1) is 18.4. The van der Waals surface area contributed by atoms with Crippen molar-refractivity contribution in [3.63, 3.8) is 0 Å². The third-order valence-corrected chi connectivity index (χ3v) is 5.63. The number of benzene rings is 2. The molecule has 0 radical (unpaired) electrons. The van der Waals surface area contributed by atoms with Crippen LogP contribution in [0.1, 0.15) is 5.56 Å². The zero-order chi connectivity index (χ0) is 18.7. The highest BCUT2D eigenvalue weighted by atomic mass is 32.2.